The van der Waals surface area contributed by atoms with Gasteiger partial charge in [0.2, 0.25) is 0 Å². The molecule has 0 unspecified atom stereocenters. The number of nitrogens with one attached hydrogen (secondary N) is 2. The van der Waals surface area contributed by atoms with Gasteiger partial charge in [0, 0.05) is 55.2 Å². The number of pyridine rings is 2. The van der Waals surface area contributed by atoms with Gasteiger partial charge in [-0.2, -0.15) is 16.8 Å². The van der Waals surface area contributed by atoms with Gasteiger partial charge in [-0.1, -0.05) is 0 Å². The number of ether oxygens (including phenoxy) is 2. The van der Waals surface area contributed by atoms with E-state index in [4.69, 9.17) is 18.6 Å². The van der Waals surface area contributed by atoms with Crippen LogP contribution in [0.2, 0.25) is 0 Å². The Hall–Kier alpha value is -3.15. The molecule has 1 saturated heterocycles. The predicted octanol–water partition coefficient (Wildman–Crippen LogP) is 1.78. The van der Waals surface area contributed by atoms with Gasteiger partial charge in [0.15, 0.2) is 5.65 Å². The minimum atomic E-state index is -3.67. The van der Waals surface area contributed by atoms with Crippen molar-refractivity contribution < 1.29 is 35.4 Å². The van der Waals surface area contributed by atoms with E-state index in [0.29, 0.717) is 31.3 Å². The number of aromatic nitrogens is 5. The maximum atomic E-state index is 12.6. The molecule has 39 heavy (non-hydrogen) atoms. The number of rotatable bonds is 4. The van der Waals surface area contributed by atoms with E-state index in [0.717, 1.165) is 46.1 Å². The molecule has 5 heterocycles. The molecule has 214 valence electrons. The molecule has 4 N–H and O–H groups in total. The third-order valence-electron chi connectivity index (χ3n) is 5.83. The molecule has 0 spiro atoms. The van der Waals surface area contributed by atoms with E-state index in [1.807, 2.05) is 24.5 Å². The quantitative estimate of drug-likeness (QED) is 0.254. The molecule has 16 heteroatoms. The highest BCUT2D eigenvalue weighted by Crippen LogP contribution is 2.29. The van der Waals surface area contributed by atoms with Gasteiger partial charge in [0.25, 0.3) is 20.2 Å². The van der Waals surface area contributed by atoms with Crippen molar-refractivity contribution in [3.8, 4) is 11.1 Å². The molecule has 5 rings (SSSR count). The standard InChI is InChI=1S/C21H23N5O3.2CH4O3S/c1-12-16-3-5-22-19(16)24-10-17(12)13-7-18-20(23-9-13)25-21(27)26(18)11-15-8-14(28-2)4-6-29-15;2*1-5(2,3)4/h3,5,7,9-10,14-15H,4,6,8,11H2,1-2H3,(H,22,24)(H,23,25,27);2*1H3,(H,2,3,4)/t14-,15+;;/m0../s1. The lowest BCUT2D eigenvalue weighted by Gasteiger charge is -2.28. The number of imidazole rings is 1. The second-order valence-corrected chi connectivity index (χ2v) is 11.9. The summed E-state index contributed by atoms with van der Waals surface area (Å²) in [6.45, 7) is 3.19. The van der Waals surface area contributed by atoms with Gasteiger partial charge in [-0.3, -0.25) is 18.7 Å². The van der Waals surface area contributed by atoms with Crippen LogP contribution >= 0.6 is 0 Å². The Morgan fingerprint density at radius 2 is 1.77 bits per heavy atom. The van der Waals surface area contributed by atoms with Crippen LogP contribution < -0.4 is 5.69 Å². The fraction of sp³-hybridized carbons (Fsp3) is 0.435. The van der Waals surface area contributed by atoms with Crippen LogP contribution in [0.4, 0.5) is 0 Å². The normalized spacial score (nSPS) is 17.8. The molecule has 4 aromatic heterocycles. The van der Waals surface area contributed by atoms with Crippen LogP contribution in [-0.4, -0.2) is 88.9 Å². The Labute approximate surface area is 224 Å². The highest BCUT2D eigenvalue weighted by Gasteiger charge is 2.24. The molecular formula is C23H31N5O9S2. The minimum absolute atomic E-state index is 0.0614. The van der Waals surface area contributed by atoms with Crippen molar-refractivity contribution in [2.75, 3.05) is 26.2 Å². The number of aromatic amines is 2. The fourth-order valence-electron chi connectivity index (χ4n) is 4.18. The highest BCUT2D eigenvalue weighted by molar-refractivity contribution is 7.85. The average Bonchev–Trinajstić information content (AvgIpc) is 3.42. The molecule has 2 atom stereocenters. The number of nitrogens with zero attached hydrogens (tertiary/aromatic N) is 3. The molecule has 0 amide bonds. The van der Waals surface area contributed by atoms with E-state index in [9.17, 15) is 21.6 Å². The maximum absolute atomic E-state index is 12.6. The molecule has 1 aliphatic rings. The number of hydrogen-bond donors (Lipinski definition) is 4. The van der Waals surface area contributed by atoms with E-state index in [1.54, 1.807) is 17.9 Å². The topological polar surface area (TPSA) is 207 Å². The Bertz CT molecular complexity index is 1660. The van der Waals surface area contributed by atoms with Crippen molar-refractivity contribution in [2.24, 2.45) is 0 Å². The first-order valence-corrected chi connectivity index (χ1v) is 15.3. The summed E-state index contributed by atoms with van der Waals surface area (Å²) in [6.07, 6.45) is 8.71. The molecule has 1 fully saturated rings. The van der Waals surface area contributed by atoms with Crippen LogP contribution in [0.1, 0.15) is 18.4 Å². The van der Waals surface area contributed by atoms with Crippen molar-refractivity contribution >= 4 is 42.4 Å². The van der Waals surface area contributed by atoms with E-state index >= 15 is 0 Å². The molecule has 0 aromatic carbocycles. The lowest BCUT2D eigenvalue weighted by molar-refractivity contribution is -0.0638. The molecule has 0 aliphatic carbocycles. The SMILES string of the molecule is CO[C@H]1CCO[C@@H](Cn2c(=O)[nH]c3ncc(-c4cnc5[nH]ccc5c4C)cc32)C1.CS(=O)(=O)O.CS(=O)(=O)O. The molecule has 0 saturated carbocycles. The Balaban J connectivity index is 0.000000362. The van der Waals surface area contributed by atoms with Gasteiger partial charge < -0.3 is 14.5 Å². The summed E-state index contributed by atoms with van der Waals surface area (Å²) in [7, 11) is -5.61. The van der Waals surface area contributed by atoms with Crippen LogP contribution in [0.5, 0.6) is 0 Å². The maximum Gasteiger partial charge on any atom is 0.327 e. The number of fused-ring (bicyclic) bond motifs is 2. The lowest BCUT2D eigenvalue weighted by atomic mass is 10.0. The van der Waals surface area contributed by atoms with Gasteiger partial charge in [-0.25, -0.2) is 14.8 Å². The zero-order valence-electron chi connectivity index (χ0n) is 21.8. The zero-order chi connectivity index (χ0) is 29.0. The second kappa shape index (κ2) is 12.4. The average molecular weight is 586 g/mol. The molecule has 1 aliphatic heterocycles. The molecule has 4 aromatic rings. The van der Waals surface area contributed by atoms with Gasteiger partial charge in [-0.05, 0) is 31.0 Å². The van der Waals surface area contributed by atoms with Crippen molar-refractivity contribution in [1.82, 2.24) is 24.5 Å². The van der Waals surface area contributed by atoms with Gasteiger partial charge >= 0.3 is 5.69 Å². The van der Waals surface area contributed by atoms with Crippen LogP contribution in [0.25, 0.3) is 33.3 Å². The van der Waals surface area contributed by atoms with E-state index in [-0.39, 0.29) is 17.9 Å². The Morgan fingerprint density at radius 1 is 1.13 bits per heavy atom. The summed E-state index contributed by atoms with van der Waals surface area (Å²) in [5.41, 5.74) is 5.08. The summed E-state index contributed by atoms with van der Waals surface area (Å²) in [4.78, 5) is 27.6. The first kappa shape index (κ1) is 30.4. The summed E-state index contributed by atoms with van der Waals surface area (Å²) < 4.78 is 64.8. The second-order valence-electron chi connectivity index (χ2n) is 9.01. The molecule has 0 bridgehead atoms. The van der Waals surface area contributed by atoms with Crippen molar-refractivity contribution in [3.05, 3.63) is 46.8 Å². The third-order valence-corrected chi connectivity index (χ3v) is 5.83. The van der Waals surface area contributed by atoms with Gasteiger partial charge in [0.1, 0.15) is 5.65 Å². The smallest absolute Gasteiger partial charge is 0.327 e. The zero-order valence-corrected chi connectivity index (χ0v) is 23.4. The number of H-pyrrole nitrogens is 2. The summed E-state index contributed by atoms with van der Waals surface area (Å²) in [5, 5.41) is 1.08. The van der Waals surface area contributed by atoms with Crippen molar-refractivity contribution in [3.63, 3.8) is 0 Å². The molecule has 0 radical (unpaired) electrons. The molecular weight excluding hydrogens is 554 g/mol. The monoisotopic (exact) mass is 585 g/mol. The van der Waals surface area contributed by atoms with E-state index in [2.05, 4.69) is 26.9 Å². The van der Waals surface area contributed by atoms with Crippen LogP contribution in [0, 0.1) is 6.92 Å². The minimum Gasteiger partial charge on any atom is -0.381 e. The molecule has 14 nitrogen and oxygen atoms in total. The van der Waals surface area contributed by atoms with Gasteiger partial charge in [-0.15, -0.1) is 0 Å². The predicted molar refractivity (Wildman–Crippen MR) is 145 cm³/mol. The van der Waals surface area contributed by atoms with Crippen molar-refractivity contribution in [2.45, 2.75) is 38.5 Å². The lowest BCUT2D eigenvalue weighted by Crippen LogP contribution is -2.35. The van der Waals surface area contributed by atoms with Crippen LogP contribution in [0.15, 0.2) is 35.5 Å². The third kappa shape index (κ3) is 8.94. The first-order chi connectivity index (χ1) is 18.1. The summed E-state index contributed by atoms with van der Waals surface area (Å²) in [5.74, 6) is 0. The number of aryl methyl sites for hydroxylation is 1. The first-order valence-electron chi connectivity index (χ1n) is 11.6. The van der Waals surface area contributed by atoms with Crippen LogP contribution in [-0.2, 0) is 36.3 Å². The van der Waals surface area contributed by atoms with Crippen molar-refractivity contribution in [1.29, 1.82) is 0 Å². The summed E-state index contributed by atoms with van der Waals surface area (Å²) >= 11 is 0. The Morgan fingerprint density at radius 3 is 2.41 bits per heavy atom. The summed E-state index contributed by atoms with van der Waals surface area (Å²) in [6, 6.07) is 4.02. The largest absolute Gasteiger partial charge is 0.381 e. The Kier molecular flexibility index (Phi) is 9.63. The number of hydrogen-bond acceptors (Lipinski definition) is 9. The van der Waals surface area contributed by atoms with E-state index in [1.165, 1.54) is 0 Å². The van der Waals surface area contributed by atoms with Gasteiger partial charge in [0.05, 0.1) is 36.8 Å². The number of methoxy groups -OCH3 is 1. The fourth-order valence-corrected chi connectivity index (χ4v) is 4.18. The highest BCUT2D eigenvalue weighted by atomic mass is 32.2. The van der Waals surface area contributed by atoms with Crippen LogP contribution in [0.3, 0.4) is 0 Å². The van der Waals surface area contributed by atoms with E-state index < -0.39 is 20.2 Å².